The summed E-state index contributed by atoms with van der Waals surface area (Å²) in [4.78, 5) is 12.8. The molecule has 1 aromatic rings. The van der Waals surface area contributed by atoms with Crippen molar-refractivity contribution in [3.63, 3.8) is 0 Å². The van der Waals surface area contributed by atoms with Gasteiger partial charge < -0.3 is 10.6 Å². The monoisotopic (exact) mass is 238 g/mol. The van der Waals surface area contributed by atoms with E-state index in [0.29, 0.717) is 12.3 Å². The van der Waals surface area contributed by atoms with Crippen molar-refractivity contribution in [1.82, 2.24) is 10.6 Å². The molecule has 0 radical (unpaired) electrons. The first-order valence-corrected chi connectivity index (χ1v) is 6.72. The fourth-order valence-corrected chi connectivity index (χ4v) is 2.69. The van der Waals surface area contributed by atoms with E-state index in [2.05, 4.69) is 10.6 Å². The Bertz CT molecular complexity index is 318. The number of nitrogens with one attached hydrogen (secondary N) is 2. The maximum Gasteiger partial charge on any atom is 0.225 e. The van der Waals surface area contributed by atoms with E-state index in [9.17, 15) is 4.79 Å². The smallest absolute Gasteiger partial charge is 0.225 e. The van der Waals surface area contributed by atoms with Crippen LogP contribution in [0.4, 0.5) is 0 Å². The number of piperidine rings is 1. The van der Waals surface area contributed by atoms with E-state index in [4.69, 9.17) is 0 Å². The van der Waals surface area contributed by atoms with Gasteiger partial charge in [0.1, 0.15) is 0 Å². The summed E-state index contributed by atoms with van der Waals surface area (Å²) in [5.74, 6) is 0.758. The Morgan fingerprint density at radius 3 is 3.25 bits per heavy atom. The summed E-state index contributed by atoms with van der Waals surface area (Å²) in [6, 6.07) is 3.99. The zero-order valence-corrected chi connectivity index (χ0v) is 10.2. The van der Waals surface area contributed by atoms with Crippen LogP contribution < -0.4 is 10.6 Å². The first kappa shape index (κ1) is 11.6. The quantitative estimate of drug-likeness (QED) is 0.832. The third kappa shape index (κ3) is 3.61. The van der Waals surface area contributed by atoms with Crippen LogP contribution in [0.1, 0.15) is 17.7 Å². The van der Waals surface area contributed by atoms with Crippen LogP contribution in [0.25, 0.3) is 0 Å². The minimum absolute atomic E-state index is 0.146. The number of carbonyl (C=O) groups is 1. The zero-order chi connectivity index (χ0) is 11.2. The van der Waals surface area contributed by atoms with Crippen LogP contribution >= 0.6 is 11.3 Å². The molecule has 0 saturated carbocycles. The lowest BCUT2D eigenvalue weighted by molar-refractivity contribution is -0.120. The van der Waals surface area contributed by atoms with Crippen molar-refractivity contribution in [3.05, 3.63) is 22.4 Å². The van der Waals surface area contributed by atoms with Crippen molar-refractivity contribution in [2.24, 2.45) is 5.92 Å². The van der Waals surface area contributed by atoms with Crippen LogP contribution in [-0.4, -0.2) is 25.5 Å². The van der Waals surface area contributed by atoms with E-state index in [0.717, 1.165) is 24.5 Å². The van der Waals surface area contributed by atoms with Crippen LogP contribution in [0, 0.1) is 5.92 Å². The SMILES string of the molecule is O=C(Cc1cccs1)NC[C@H]1CCCNC1. The standard InChI is InChI=1S/C12H18N2OS/c15-12(7-11-4-2-6-16-11)14-9-10-3-1-5-13-8-10/h2,4,6,10,13H,1,3,5,7-9H2,(H,14,15)/t10-/m0/s1. The van der Waals surface area contributed by atoms with E-state index in [-0.39, 0.29) is 5.91 Å². The molecular weight excluding hydrogens is 220 g/mol. The van der Waals surface area contributed by atoms with E-state index in [1.54, 1.807) is 11.3 Å². The molecule has 0 aliphatic carbocycles. The fraction of sp³-hybridized carbons (Fsp3) is 0.583. The van der Waals surface area contributed by atoms with Crippen molar-refractivity contribution >= 4 is 17.2 Å². The average molecular weight is 238 g/mol. The van der Waals surface area contributed by atoms with Gasteiger partial charge in [-0.05, 0) is 43.3 Å². The molecule has 1 fully saturated rings. The molecule has 0 unspecified atom stereocenters. The molecule has 4 heteroatoms. The van der Waals surface area contributed by atoms with Gasteiger partial charge in [0, 0.05) is 11.4 Å². The van der Waals surface area contributed by atoms with E-state index >= 15 is 0 Å². The van der Waals surface area contributed by atoms with Crippen LogP contribution in [0.15, 0.2) is 17.5 Å². The molecule has 1 aromatic heterocycles. The largest absolute Gasteiger partial charge is 0.355 e. The normalized spacial score (nSPS) is 20.6. The lowest BCUT2D eigenvalue weighted by Gasteiger charge is -2.22. The van der Waals surface area contributed by atoms with Gasteiger partial charge in [0.2, 0.25) is 5.91 Å². The van der Waals surface area contributed by atoms with Gasteiger partial charge in [-0.3, -0.25) is 4.79 Å². The molecule has 1 aliphatic rings. The van der Waals surface area contributed by atoms with E-state index in [1.165, 1.54) is 12.8 Å². The minimum atomic E-state index is 0.146. The molecule has 1 aliphatic heterocycles. The molecule has 0 aromatic carbocycles. The number of hydrogen-bond acceptors (Lipinski definition) is 3. The predicted octanol–water partition coefficient (Wildman–Crippen LogP) is 1.41. The zero-order valence-electron chi connectivity index (χ0n) is 9.37. The first-order valence-electron chi connectivity index (χ1n) is 5.84. The molecule has 1 amide bonds. The molecule has 1 saturated heterocycles. The second-order valence-corrected chi connectivity index (χ2v) is 5.30. The summed E-state index contributed by atoms with van der Waals surface area (Å²) in [7, 11) is 0. The Labute approximate surface area is 100 Å². The molecule has 1 atom stereocenters. The summed E-state index contributed by atoms with van der Waals surface area (Å²) < 4.78 is 0. The van der Waals surface area contributed by atoms with E-state index < -0.39 is 0 Å². The Hall–Kier alpha value is -0.870. The van der Waals surface area contributed by atoms with Crippen molar-refractivity contribution in [2.45, 2.75) is 19.3 Å². The number of thiophene rings is 1. The average Bonchev–Trinajstić information content (AvgIpc) is 2.81. The van der Waals surface area contributed by atoms with E-state index in [1.807, 2.05) is 17.5 Å². The molecule has 3 nitrogen and oxygen atoms in total. The minimum Gasteiger partial charge on any atom is -0.355 e. The molecular formula is C12H18N2OS. The molecule has 2 N–H and O–H groups in total. The third-order valence-electron chi connectivity index (χ3n) is 2.90. The summed E-state index contributed by atoms with van der Waals surface area (Å²) in [5, 5.41) is 8.38. The Morgan fingerprint density at radius 1 is 1.62 bits per heavy atom. The Balaban J connectivity index is 1.67. The number of rotatable bonds is 4. The molecule has 0 spiro atoms. The highest BCUT2D eigenvalue weighted by atomic mass is 32.1. The van der Waals surface area contributed by atoms with Crippen LogP contribution in [0.2, 0.25) is 0 Å². The highest BCUT2D eigenvalue weighted by Gasteiger charge is 2.13. The van der Waals surface area contributed by atoms with Gasteiger partial charge in [-0.2, -0.15) is 0 Å². The van der Waals surface area contributed by atoms with Crippen molar-refractivity contribution in [1.29, 1.82) is 0 Å². The van der Waals surface area contributed by atoms with Gasteiger partial charge in [-0.15, -0.1) is 11.3 Å². The third-order valence-corrected chi connectivity index (χ3v) is 3.78. The molecule has 16 heavy (non-hydrogen) atoms. The summed E-state index contributed by atoms with van der Waals surface area (Å²) in [5.41, 5.74) is 0. The van der Waals surface area contributed by atoms with Crippen LogP contribution in [-0.2, 0) is 11.2 Å². The summed E-state index contributed by atoms with van der Waals surface area (Å²) in [6.45, 7) is 2.98. The lowest BCUT2D eigenvalue weighted by atomic mass is 10.00. The highest BCUT2D eigenvalue weighted by Crippen LogP contribution is 2.10. The van der Waals surface area contributed by atoms with Gasteiger partial charge in [0.05, 0.1) is 6.42 Å². The van der Waals surface area contributed by atoms with Crippen molar-refractivity contribution in [3.8, 4) is 0 Å². The Kier molecular flexibility index (Phi) is 4.36. The van der Waals surface area contributed by atoms with Crippen molar-refractivity contribution in [2.75, 3.05) is 19.6 Å². The lowest BCUT2D eigenvalue weighted by Crippen LogP contribution is -2.38. The number of hydrogen-bond donors (Lipinski definition) is 2. The van der Waals surface area contributed by atoms with Gasteiger partial charge in [-0.1, -0.05) is 6.07 Å². The van der Waals surface area contributed by atoms with Gasteiger partial charge in [0.25, 0.3) is 0 Å². The summed E-state index contributed by atoms with van der Waals surface area (Å²) >= 11 is 1.64. The molecule has 88 valence electrons. The topological polar surface area (TPSA) is 41.1 Å². The second-order valence-electron chi connectivity index (χ2n) is 4.27. The molecule has 2 heterocycles. The van der Waals surface area contributed by atoms with Gasteiger partial charge in [0.15, 0.2) is 0 Å². The highest BCUT2D eigenvalue weighted by molar-refractivity contribution is 7.10. The van der Waals surface area contributed by atoms with Crippen LogP contribution in [0.3, 0.4) is 0 Å². The van der Waals surface area contributed by atoms with Crippen LogP contribution in [0.5, 0.6) is 0 Å². The number of carbonyl (C=O) groups excluding carboxylic acids is 1. The Morgan fingerprint density at radius 2 is 2.56 bits per heavy atom. The van der Waals surface area contributed by atoms with Gasteiger partial charge in [-0.25, -0.2) is 0 Å². The number of amides is 1. The maximum absolute atomic E-state index is 11.6. The first-order chi connectivity index (χ1) is 7.84. The second kappa shape index (κ2) is 6.01. The molecule has 2 rings (SSSR count). The predicted molar refractivity (Wildman–Crippen MR) is 66.6 cm³/mol. The van der Waals surface area contributed by atoms with Gasteiger partial charge >= 0.3 is 0 Å². The fourth-order valence-electron chi connectivity index (χ4n) is 1.99. The maximum atomic E-state index is 11.6. The summed E-state index contributed by atoms with van der Waals surface area (Å²) in [6.07, 6.45) is 2.98. The van der Waals surface area contributed by atoms with Crippen molar-refractivity contribution < 1.29 is 4.79 Å². The molecule has 0 bridgehead atoms.